The first kappa shape index (κ1) is 22.0. The van der Waals surface area contributed by atoms with Gasteiger partial charge in [0.25, 0.3) is 0 Å². The highest BCUT2D eigenvalue weighted by atomic mass is 16.5. The van der Waals surface area contributed by atoms with Gasteiger partial charge < -0.3 is 18.6 Å². The molecule has 2 aromatic heterocycles. The van der Waals surface area contributed by atoms with Crippen molar-refractivity contribution in [2.24, 2.45) is 0 Å². The van der Waals surface area contributed by atoms with E-state index in [-0.39, 0.29) is 0 Å². The maximum absolute atomic E-state index is 10.6. The summed E-state index contributed by atoms with van der Waals surface area (Å²) in [6.07, 6.45) is 0. The first-order chi connectivity index (χ1) is 16.7. The molecule has 35 heavy (non-hydrogen) atoms. The van der Waals surface area contributed by atoms with E-state index in [1.807, 2.05) is 56.3 Å². The lowest BCUT2D eigenvalue weighted by Crippen LogP contribution is -2.49. The first-order valence-corrected chi connectivity index (χ1v) is 11.9. The van der Waals surface area contributed by atoms with Crippen LogP contribution in [-0.4, -0.2) is 23.8 Å². The number of rotatable bonds is 5. The van der Waals surface area contributed by atoms with Gasteiger partial charge in [-0.05, 0) is 56.9 Å². The summed E-state index contributed by atoms with van der Waals surface area (Å²) in [6, 6.07) is 26.6. The Morgan fingerprint density at radius 3 is 2.09 bits per heavy atom. The number of hydrogen-bond acceptors (Lipinski definition) is 4. The summed E-state index contributed by atoms with van der Waals surface area (Å²) >= 11 is 0. The minimum atomic E-state index is -0.985. The van der Waals surface area contributed by atoms with Crippen molar-refractivity contribution in [2.75, 3.05) is 0 Å². The second kappa shape index (κ2) is 7.74. The lowest BCUT2D eigenvalue weighted by atomic mass is 9.80. The highest BCUT2D eigenvalue weighted by Crippen LogP contribution is 2.41. The summed E-state index contributed by atoms with van der Waals surface area (Å²) < 4.78 is 18.9. The molecule has 4 aromatic carbocycles. The van der Waals surface area contributed by atoms with Gasteiger partial charge in [-0.3, -0.25) is 0 Å². The minimum absolute atomic E-state index is 0.353. The number of aliphatic hydroxyl groups is 1. The Kier molecular flexibility index (Phi) is 4.86. The van der Waals surface area contributed by atoms with Crippen molar-refractivity contribution in [2.45, 2.75) is 38.9 Å². The van der Waals surface area contributed by atoms with Crippen LogP contribution in [0.25, 0.3) is 55.0 Å². The molecule has 0 radical (unpaired) electrons. The summed E-state index contributed by atoms with van der Waals surface area (Å²) in [4.78, 5) is 0. The van der Waals surface area contributed by atoms with Crippen molar-refractivity contribution in [3.05, 3.63) is 78.9 Å². The van der Waals surface area contributed by atoms with Gasteiger partial charge in [0.1, 0.15) is 22.3 Å². The standard InChI is InChI=1S/C30H27BO4/c1-29(2,32)30(3,4)35-31-22-14-9-17-25-27(22)26-19(11-8-16-24(26)33-25)21-13-7-12-20-18-10-5-6-15-23(18)34-28(20)21/h5-17,31-32H,1-4H3. The highest BCUT2D eigenvalue weighted by Gasteiger charge is 2.36. The molecule has 5 heteroatoms. The largest absolute Gasteiger partial charge is 0.456 e. The van der Waals surface area contributed by atoms with E-state index in [4.69, 9.17) is 13.5 Å². The molecule has 6 aromatic rings. The second-order valence-corrected chi connectivity index (χ2v) is 10.2. The van der Waals surface area contributed by atoms with Gasteiger partial charge in [0, 0.05) is 27.1 Å². The van der Waals surface area contributed by atoms with Crippen LogP contribution >= 0.6 is 0 Å². The van der Waals surface area contributed by atoms with E-state index in [9.17, 15) is 5.11 Å². The average Bonchev–Trinajstić information content (AvgIpc) is 3.40. The molecule has 4 nitrogen and oxygen atoms in total. The van der Waals surface area contributed by atoms with Crippen molar-refractivity contribution in [1.29, 1.82) is 0 Å². The normalized spacial score (nSPS) is 12.8. The van der Waals surface area contributed by atoms with Crippen molar-refractivity contribution in [1.82, 2.24) is 0 Å². The predicted molar refractivity (Wildman–Crippen MR) is 145 cm³/mol. The van der Waals surface area contributed by atoms with E-state index in [1.54, 1.807) is 13.8 Å². The van der Waals surface area contributed by atoms with E-state index in [1.165, 1.54) is 0 Å². The van der Waals surface area contributed by atoms with Crippen LogP contribution in [0, 0.1) is 0 Å². The summed E-state index contributed by atoms with van der Waals surface area (Å²) in [5.41, 5.74) is 4.77. The zero-order valence-electron chi connectivity index (χ0n) is 20.4. The molecule has 0 amide bonds. The van der Waals surface area contributed by atoms with E-state index < -0.39 is 11.2 Å². The van der Waals surface area contributed by atoms with E-state index in [2.05, 4.69) is 36.4 Å². The Morgan fingerprint density at radius 1 is 0.657 bits per heavy atom. The smallest absolute Gasteiger partial charge is 0.310 e. The lowest BCUT2D eigenvalue weighted by Gasteiger charge is -2.37. The molecule has 2 heterocycles. The maximum Gasteiger partial charge on any atom is 0.310 e. The zero-order valence-corrected chi connectivity index (χ0v) is 20.4. The van der Waals surface area contributed by atoms with Gasteiger partial charge in [-0.25, -0.2) is 0 Å². The number of furan rings is 2. The summed E-state index contributed by atoms with van der Waals surface area (Å²) in [7, 11) is 0.353. The van der Waals surface area contributed by atoms with Gasteiger partial charge in [-0.1, -0.05) is 60.7 Å². The van der Waals surface area contributed by atoms with Gasteiger partial charge in [0.2, 0.25) is 0 Å². The van der Waals surface area contributed by atoms with Gasteiger partial charge in [-0.2, -0.15) is 0 Å². The molecule has 1 N–H and O–H groups in total. The van der Waals surface area contributed by atoms with Crippen LogP contribution in [0.15, 0.2) is 87.7 Å². The quantitative estimate of drug-likeness (QED) is 0.290. The Bertz CT molecular complexity index is 1720. The van der Waals surface area contributed by atoms with Crippen LogP contribution in [-0.2, 0) is 4.65 Å². The molecule has 0 saturated heterocycles. The summed E-state index contributed by atoms with van der Waals surface area (Å²) in [5, 5.41) is 14.8. The fourth-order valence-corrected chi connectivity index (χ4v) is 4.68. The van der Waals surface area contributed by atoms with Crippen molar-refractivity contribution in [3.63, 3.8) is 0 Å². The third-order valence-electron chi connectivity index (χ3n) is 7.37. The van der Waals surface area contributed by atoms with Crippen LogP contribution in [0.3, 0.4) is 0 Å². The molecule has 0 bridgehead atoms. The number of fused-ring (bicyclic) bond motifs is 6. The van der Waals surface area contributed by atoms with Gasteiger partial charge >= 0.3 is 7.48 Å². The molecule has 174 valence electrons. The van der Waals surface area contributed by atoms with Gasteiger partial charge in [-0.15, -0.1) is 0 Å². The van der Waals surface area contributed by atoms with Crippen LogP contribution in [0.2, 0.25) is 0 Å². The highest BCUT2D eigenvalue weighted by molar-refractivity contribution is 6.53. The number of benzene rings is 4. The molecular weight excluding hydrogens is 435 g/mol. The van der Waals surface area contributed by atoms with E-state index in [0.717, 1.165) is 60.5 Å². The Balaban J connectivity index is 1.58. The van der Waals surface area contributed by atoms with E-state index >= 15 is 0 Å². The molecule has 0 saturated carbocycles. The molecule has 0 fully saturated rings. The van der Waals surface area contributed by atoms with Gasteiger partial charge in [0.15, 0.2) is 0 Å². The Hall–Kier alpha value is -3.54. The van der Waals surface area contributed by atoms with Crippen LogP contribution in [0.4, 0.5) is 0 Å². The van der Waals surface area contributed by atoms with Crippen LogP contribution in [0.1, 0.15) is 27.7 Å². The molecule has 0 atom stereocenters. The fraction of sp³-hybridized carbons (Fsp3) is 0.200. The van der Waals surface area contributed by atoms with Gasteiger partial charge in [0.05, 0.1) is 11.2 Å². The first-order valence-electron chi connectivity index (χ1n) is 11.9. The molecule has 0 aliphatic heterocycles. The average molecular weight is 462 g/mol. The Morgan fingerprint density at radius 2 is 1.29 bits per heavy atom. The van der Waals surface area contributed by atoms with Crippen LogP contribution < -0.4 is 5.46 Å². The summed E-state index contributed by atoms with van der Waals surface area (Å²) in [5.74, 6) is 0. The topological polar surface area (TPSA) is 55.7 Å². The third-order valence-corrected chi connectivity index (χ3v) is 7.37. The molecule has 0 spiro atoms. The van der Waals surface area contributed by atoms with Crippen molar-refractivity contribution in [3.8, 4) is 11.1 Å². The Labute approximate surface area is 204 Å². The molecule has 0 unspecified atom stereocenters. The molecule has 0 aliphatic rings. The maximum atomic E-state index is 10.6. The minimum Gasteiger partial charge on any atom is -0.456 e. The number of para-hydroxylation sites is 2. The van der Waals surface area contributed by atoms with E-state index in [0.29, 0.717) is 7.48 Å². The third kappa shape index (κ3) is 3.46. The molecular formula is C30H27BO4. The van der Waals surface area contributed by atoms with Crippen LogP contribution in [0.5, 0.6) is 0 Å². The molecule has 0 aliphatic carbocycles. The zero-order chi connectivity index (χ0) is 24.4. The monoisotopic (exact) mass is 462 g/mol. The lowest BCUT2D eigenvalue weighted by molar-refractivity contribution is -0.0893. The van der Waals surface area contributed by atoms with Crippen molar-refractivity contribution < 1.29 is 18.6 Å². The fourth-order valence-electron chi connectivity index (χ4n) is 4.68. The summed E-state index contributed by atoms with van der Waals surface area (Å²) in [6.45, 7) is 7.36. The molecule has 6 rings (SSSR count). The second-order valence-electron chi connectivity index (χ2n) is 10.2. The predicted octanol–water partition coefficient (Wildman–Crippen LogP) is 6.70. The SMILES string of the molecule is CC(C)(O)C(C)(C)OBc1cccc2oc3cccc(-c4cccc5c4oc4ccccc45)c3c12. The van der Waals surface area contributed by atoms with Crippen molar-refractivity contribution >= 4 is 56.8 Å². The number of hydrogen-bond donors (Lipinski definition) is 1.